The van der Waals surface area contributed by atoms with Crippen molar-refractivity contribution in [2.75, 3.05) is 19.6 Å². The molecule has 5 nitrogen and oxygen atoms in total. The molecule has 2 N–H and O–H groups in total. The monoisotopic (exact) mass is 242 g/mol. The second kappa shape index (κ2) is 7.27. The van der Waals surface area contributed by atoms with Crippen LogP contribution >= 0.6 is 0 Å². The minimum atomic E-state index is -0.845. The quantitative estimate of drug-likeness (QED) is 0.694. The number of nitrogens with one attached hydrogen (secondary N) is 1. The molecule has 0 aliphatic carbocycles. The fourth-order valence-electron chi connectivity index (χ4n) is 2.15. The van der Waals surface area contributed by atoms with E-state index in [1.54, 1.807) is 0 Å². The van der Waals surface area contributed by atoms with Gasteiger partial charge in [0.15, 0.2) is 0 Å². The molecule has 0 radical (unpaired) electrons. The van der Waals surface area contributed by atoms with Gasteiger partial charge in [-0.2, -0.15) is 0 Å². The van der Waals surface area contributed by atoms with Crippen molar-refractivity contribution in [1.82, 2.24) is 10.2 Å². The average Bonchev–Trinajstić information content (AvgIpc) is 2.69. The van der Waals surface area contributed by atoms with Crippen LogP contribution < -0.4 is 5.32 Å². The number of hydrogen-bond donors (Lipinski definition) is 2. The van der Waals surface area contributed by atoms with Gasteiger partial charge in [0.25, 0.3) is 0 Å². The van der Waals surface area contributed by atoms with E-state index in [0.29, 0.717) is 12.8 Å². The van der Waals surface area contributed by atoms with Crippen LogP contribution in [-0.4, -0.2) is 47.6 Å². The molecule has 1 saturated heterocycles. The number of aliphatic carboxylic acids is 1. The van der Waals surface area contributed by atoms with Gasteiger partial charge in [-0.15, -0.1) is 0 Å². The minimum Gasteiger partial charge on any atom is -0.481 e. The van der Waals surface area contributed by atoms with E-state index in [-0.39, 0.29) is 18.4 Å². The van der Waals surface area contributed by atoms with Crippen molar-refractivity contribution in [2.45, 2.75) is 45.1 Å². The Hall–Kier alpha value is -1.10. The van der Waals surface area contributed by atoms with Crippen molar-refractivity contribution >= 4 is 11.9 Å². The highest BCUT2D eigenvalue weighted by Crippen LogP contribution is 2.07. The first-order valence-electron chi connectivity index (χ1n) is 6.31. The zero-order chi connectivity index (χ0) is 12.7. The molecule has 1 unspecified atom stereocenters. The highest BCUT2D eigenvalue weighted by atomic mass is 16.4. The van der Waals surface area contributed by atoms with Crippen LogP contribution in [0.1, 0.15) is 39.0 Å². The van der Waals surface area contributed by atoms with Crippen molar-refractivity contribution in [3.8, 4) is 0 Å². The first kappa shape index (κ1) is 14.0. The second-order valence-electron chi connectivity index (χ2n) is 4.72. The highest BCUT2D eigenvalue weighted by Gasteiger charge is 2.15. The number of nitrogens with zero attached hydrogens (tertiary/aromatic N) is 1. The zero-order valence-electron chi connectivity index (χ0n) is 10.4. The molecule has 1 aliphatic heterocycles. The van der Waals surface area contributed by atoms with Gasteiger partial charge in [-0.05, 0) is 39.3 Å². The number of carbonyl (C=O) groups excluding carboxylic acids is 1. The Morgan fingerprint density at radius 3 is 2.53 bits per heavy atom. The second-order valence-corrected chi connectivity index (χ2v) is 4.72. The lowest BCUT2D eigenvalue weighted by Crippen LogP contribution is -2.41. The molecular formula is C12H22N2O3. The molecule has 1 aliphatic rings. The predicted octanol–water partition coefficient (Wildman–Crippen LogP) is 0.842. The fourth-order valence-corrected chi connectivity index (χ4v) is 2.15. The predicted molar refractivity (Wildman–Crippen MR) is 64.8 cm³/mol. The molecule has 0 spiro atoms. The van der Waals surface area contributed by atoms with Crippen LogP contribution in [0.3, 0.4) is 0 Å². The molecule has 5 heteroatoms. The van der Waals surface area contributed by atoms with E-state index in [9.17, 15) is 9.59 Å². The standard InChI is InChI=1S/C12H22N2O3/c1-10(9-14-7-2-3-8-14)13-11(15)5-4-6-12(16)17/h10H,2-9H2,1H3,(H,13,15)(H,16,17). The maximum atomic E-state index is 11.5. The van der Waals surface area contributed by atoms with Crippen LogP contribution in [0.15, 0.2) is 0 Å². The number of amides is 1. The van der Waals surface area contributed by atoms with E-state index in [2.05, 4.69) is 10.2 Å². The first-order valence-corrected chi connectivity index (χ1v) is 6.31. The van der Waals surface area contributed by atoms with Gasteiger partial charge in [-0.25, -0.2) is 0 Å². The number of carboxylic acids is 1. The van der Waals surface area contributed by atoms with Crippen LogP contribution in [0.25, 0.3) is 0 Å². The molecule has 0 aromatic heterocycles. The smallest absolute Gasteiger partial charge is 0.303 e. The van der Waals surface area contributed by atoms with Crippen LogP contribution in [0.5, 0.6) is 0 Å². The summed E-state index contributed by atoms with van der Waals surface area (Å²) >= 11 is 0. The van der Waals surface area contributed by atoms with Gasteiger partial charge in [0.2, 0.25) is 5.91 Å². The van der Waals surface area contributed by atoms with Crippen LogP contribution in [0.2, 0.25) is 0 Å². The lowest BCUT2D eigenvalue weighted by Gasteiger charge is -2.21. The Morgan fingerprint density at radius 2 is 1.94 bits per heavy atom. The average molecular weight is 242 g/mol. The molecule has 1 heterocycles. The van der Waals surface area contributed by atoms with Crippen LogP contribution in [0.4, 0.5) is 0 Å². The zero-order valence-corrected chi connectivity index (χ0v) is 10.4. The normalized spacial score (nSPS) is 17.9. The molecule has 0 aromatic carbocycles. The highest BCUT2D eigenvalue weighted by molar-refractivity contribution is 5.77. The summed E-state index contributed by atoms with van der Waals surface area (Å²) in [6.07, 6.45) is 3.28. The third kappa shape index (κ3) is 6.26. The van der Waals surface area contributed by atoms with Gasteiger partial charge >= 0.3 is 5.97 Å². The number of hydrogen-bond acceptors (Lipinski definition) is 3. The molecule has 0 aromatic rings. The summed E-state index contributed by atoms with van der Waals surface area (Å²) in [4.78, 5) is 24.1. The summed E-state index contributed by atoms with van der Waals surface area (Å²) in [5.41, 5.74) is 0. The lowest BCUT2D eigenvalue weighted by molar-refractivity contribution is -0.137. The van der Waals surface area contributed by atoms with E-state index in [4.69, 9.17) is 5.11 Å². The van der Waals surface area contributed by atoms with Crippen molar-refractivity contribution < 1.29 is 14.7 Å². The van der Waals surface area contributed by atoms with Gasteiger partial charge in [0.05, 0.1) is 0 Å². The molecule has 98 valence electrons. The van der Waals surface area contributed by atoms with E-state index in [0.717, 1.165) is 19.6 Å². The third-order valence-corrected chi connectivity index (χ3v) is 2.93. The van der Waals surface area contributed by atoms with Crippen molar-refractivity contribution in [2.24, 2.45) is 0 Å². The van der Waals surface area contributed by atoms with E-state index >= 15 is 0 Å². The molecule has 0 bridgehead atoms. The van der Waals surface area contributed by atoms with Crippen molar-refractivity contribution in [1.29, 1.82) is 0 Å². The lowest BCUT2D eigenvalue weighted by atomic mass is 10.2. The number of likely N-dealkylation sites (tertiary alicyclic amines) is 1. The Balaban J connectivity index is 2.09. The SMILES string of the molecule is CC(CN1CCCC1)NC(=O)CCCC(=O)O. The van der Waals surface area contributed by atoms with Crippen molar-refractivity contribution in [3.63, 3.8) is 0 Å². The number of carboxylic acid groups (broad SMARTS) is 1. The maximum absolute atomic E-state index is 11.5. The molecule has 1 rings (SSSR count). The van der Waals surface area contributed by atoms with Gasteiger partial charge in [-0.3, -0.25) is 9.59 Å². The van der Waals surface area contributed by atoms with E-state index in [1.165, 1.54) is 12.8 Å². The van der Waals surface area contributed by atoms with E-state index in [1.807, 2.05) is 6.92 Å². The molecule has 1 atom stereocenters. The first-order chi connectivity index (χ1) is 8.08. The summed E-state index contributed by atoms with van der Waals surface area (Å²) < 4.78 is 0. The van der Waals surface area contributed by atoms with E-state index < -0.39 is 5.97 Å². The molecule has 0 saturated carbocycles. The summed E-state index contributed by atoms with van der Waals surface area (Å²) in [6.45, 7) is 5.14. The van der Waals surface area contributed by atoms with Crippen molar-refractivity contribution in [3.05, 3.63) is 0 Å². The topological polar surface area (TPSA) is 69.6 Å². The summed E-state index contributed by atoms with van der Waals surface area (Å²) in [7, 11) is 0. The Kier molecular flexibility index (Phi) is 5.97. The van der Waals surface area contributed by atoms with Gasteiger partial charge in [-0.1, -0.05) is 0 Å². The third-order valence-electron chi connectivity index (χ3n) is 2.93. The Morgan fingerprint density at radius 1 is 1.29 bits per heavy atom. The Bertz CT molecular complexity index is 262. The fraction of sp³-hybridized carbons (Fsp3) is 0.833. The van der Waals surface area contributed by atoms with Gasteiger partial charge in [0.1, 0.15) is 0 Å². The summed E-state index contributed by atoms with van der Waals surface area (Å²) in [5.74, 6) is -0.888. The molecule has 1 fully saturated rings. The number of rotatable bonds is 7. The van der Waals surface area contributed by atoms with Crippen LogP contribution in [-0.2, 0) is 9.59 Å². The number of carbonyl (C=O) groups is 2. The Labute approximate surface area is 102 Å². The van der Waals surface area contributed by atoms with Gasteiger partial charge < -0.3 is 15.3 Å². The largest absolute Gasteiger partial charge is 0.481 e. The van der Waals surface area contributed by atoms with Gasteiger partial charge in [0, 0.05) is 25.4 Å². The molecular weight excluding hydrogens is 220 g/mol. The molecule has 17 heavy (non-hydrogen) atoms. The summed E-state index contributed by atoms with van der Waals surface area (Å²) in [5, 5.41) is 11.4. The minimum absolute atomic E-state index is 0.0436. The molecule has 1 amide bonds. The summed E-state index contributed by atoms with van der Waals surface area (Å²) in [6, 6.07) is 0.144. The maximum Gasteiger partial charge on any atom is 0.303 e. The van der Waals surface area contributed by atoms with Crippen LogP contribution in [0, 0.1) is 0 Å².